The fourth-order valence-electron chi connectivity index (χ4n) is 1.02. The van der Waals surface area contributed by atoms with Gasteiger partial charge in [-0.05, 0) is 11.1 Å². The Bertz CT molecular complexity index is 270. The van der Waals surface area contributed by atoms with E-state index in [1.165, 1.54) is 0 Å². The number of benzene rings is 1. The van der Waals surface area contributed by atoms with Crippen molar-refractivity contribution in [3.8, 4) is 0 Å². The van der Waals surface area contributed by atoms with Crippen LogP contribution in [-0.4, -0.2) is 11.7 Å². The lowest BCUT2D eigenvalue weighted by molar-refractivity contribution is 0.268. The van der Waals surface area contributed by atoms with Gasteiger partial charge in [-0.1, -0.05) is 36.9 Å². The molecular weight excluding hydrogens is 150 g/mol. The summed E-state index contributed by atoms with van der Waals surface area (Å²) in [6, 6.07) is 7.38. The lowest BCUT2D eigenvalue weighted by atomic mass is 10.1. The van der Waals surface area contributed by atoms with Crippen LogP contribution in [0, 0.1) is 0 Å². The molecule has 12 heavy (non-hydrogen) atoms. The molecule has 0 aliphatic carbocycles. The van der Waals surface area contributed by atoms with Gasteiger partial charge in [0.1, 0.15) is 0 Å². The maximum absolute atomic E-state index is 8.80. The van der Waals surface area contributed by atoms with Crippen LogP contribution in [-0.2, 0) is 0 Å². The largest absolute Gasteiger partial charge is 0.394 e. The molecule has 2 nitrogen and oxygen atoms in total. The standard InChI is InChI=1S/C10H13NO/c1-2-8-4-3-5-9(6-8)10(11)7-12/h2-6,10,12H,1,7,11H2/t10-/m1/s1. The topological polar surface area (TPSA) is 46.2 Å². The van der Waals surface area contributed by atoms with Gasteiger partial charge in [-0.3, -0.25) is 0 Å². The third-order valence-electron chi connectivity index (χ3n) is 1.77. The number of rotatable bonds is 3. The predicted octanol–water partition coefficient (Wildman–Crippen LogP) is 1.32. The Morgan fingerprint density at radius 3 is 2.92 bits per heavy atom. The monoisotopic (exact) mass is 163 g/mol. The molecule has 0 heterocycles. The van der Waals surface area contributed by atoms with Crippen molar-refractivity contribution in [3.05, 3.63) is 42.0 Å². The average molecular weight is 163 g/mol. The van der Waals surface area contributed by atoms with E-state index < -0.39 is 0 Å². The predicted molar refractivity (Wildman–Crippen MR) is 50.5 cm³/mol. The Hall–Kier alpha value is -1.12. The molecule has 0 aliphatic rings. The summed E-state index contributed by atoms with van der Waals surface area (Å²) in [5, 5.41) is 8.80. The van der Waals surface area contributed by atoms with E-state index in [9.17, 15) is 0 Å². The van der Waals surface area contributed by atoms with Gasteiger partial charge in [0.25, 0.3) is 0 Å². The zero-order chi connectivity index (χ0) is 8.97. The second kappa shape index (κ2) is 4.04. The molecule has 0 bridgehead atoms. The second-order valence-electron chi connectivity index (χ2n) is 2.66. The molecule has 64 valence electrons. The van der Waals surface area contributed by atoms with E-state index >= 15 is 0 Å². The normalized spacial score (nSPS) is 12.5. The molecule has 0 aromatic heterocycles. The van der Waals surface area contributed by atoms with E-state index in [0.29, 0.717) is 0 Å². The van der Waals surface area contributed by atoms with Gasteiger partial charge in [0.15, 0.2) is 0 Å². The van der Waals surface area contributed by atoms with E-state index in [4.69, 9.17) is 10.8 Å². The van der Waals surface area contributed by atoms with E-state index in [0.717, 1.165) is 11.1 Å². The first-order valence-electron chi connectivity index (χ1n) is 3.86. The van der Waals surface area contributed by atoms with Crippen LogP contribution in [0.4, 0.5) is 0 Å². The summed E-state index contributed by atoms with van der Waals surface area (Å²) >= 11 is 0. The van der Waals surface area contributed by atoms with Gasteiger partial charge in [-0.15, -0.1) is 0 Å². The van der Waals surface area contributed by atoms with Crippen molar-refractivity contribution in [1.82, 2.24) is 0 Å². The Labute approximate surface area is 72.3 Å². The molecule has 0 unspecified atom stereocenters. The number of aliphatic hydroxyl groups excluding tert-OH is 1. The van der Waals surface area contributed by atoms with Crippen LogP contribution in [0.25, 0.3) is 6.08 Å². The summed E-state index contributed by atoms with van der Waals surface area (Å²) in [4.78, 5) is 0. The van der Waals surface area contributed by atoms with Crippen LogP contribution < -0.4 is 5.73 Å². The van der Waals surface area contributed by atoms with Crippen LogP contribution >= 0.6 is 0 Å². The lowest BCUT2D eigenvalue weighted by Crippen LogP contribution is -2.14. The minimum atomic E-state index is -0.287. The molecule has 1 aromatic carbocycles. The smallest absolute Gasteiger partial charge is 0.0624 e. The molecule has 0 saturated heterocycles. The molecular formula is C10H13NO. The van der Waals surface area contributed by atoms with E-state index in [1.54, 1.807) is 6.08 Å². The Balaban J connectivity index is 2.93. The van der Waals surface area contributed by atoms with Crippen molar-refractivity contribution >= 4 is 6.08 Å². The highest BCUT2D eigenvalue weighted by molar-refractivity contribution is 5.48. The highest BCUT2D eigenvalue weighted by atomic mass is 16.3. The first kappa shape index (κ1) is 8.97. The Morgan fingerprint density at radius 1 is 1.58 bits per heavy atom. The molecule has 0 saturated carbocycles. The van der Waals surface area contributed by atoms with Crippen LogP contribution in [0.2, 0.25) is 0 Å². The first-order chi connectivity index (χ1) is 5.77. The molecule has 3 N–H and O–H groups in total. The number of nitrogens with two attached hydrogens (primary N) is 1. The van der Waals surface area contributed by atoms with Gasteiger partial charge < -0.3 is 10.8 Å². The van der Waals surface area contributed by atoms with Crippen molar-refractivity contribution < 1.29 is 5.11 Å². The molecule has 0 spiro atoms. The number of aliphatic hydroxyl groups is 1. The lowest BCUT2D eigenvalue weighted by Gasteiger charge is -2.08. The molecule has 1 atom stereocenters. The maximum atomic E-state index is 8.80. The summed E-state index contributed by atoms with van der Waals surface area (Å²) < 4.78 is 0. The summed E-state index contributed by atoms with van der Waals surface area (Å²) in [5.41, 5.74) is 7.60. The summed E-state index contributed by atoms with van der Waals surface area (Å²) in [7, 11) is 0. The van der Waals surface area contributed by atoms with E-state index in [2.05, 4.69) is 6.58 Å². The number of hydrogen-bond acceptors (Lipinski definition) is 2. The minimum absolute atomic E-state index is 0.0272. The quantitative estimate of drug-likeness (QED) is 0.706. The molecule has 0 radical (unpaired) electrons. The van der Waals surface area contributed by atoms with Gasteiger partial charge in [0, 0.05) is 0 Å². The second-order valence-corrected chi connectivity index (χ2v) is 2.66. The minimum Gasteiger partial charge on any atom is -0.394 e. The SMILES string of the molecule is C=Cc1cccc([C@H](N)CO)c1. The zero-order valence-electron chi connectivity index (χ0n) is 6.90. The highest BCUT2D eigenvalue weighted by Crippen LogP contribution is 2.12. The molecule has 1 aromatic rings. The third kappa shape index (κ3) is 1.94. The fourth-order valence-corrected chi connectivity index (χ4v) is 1.02. The maximum Gasteiger partial charge on any atom is 0.0624 e. The van der Waals surface area contributed by atoms with Gasteiger partial charge in [-0.2, -0.15) is 0 Å². The zero-order valence-corrected chi connectivity index (χ0v) is 6.90. The van der Waals surface area contributed by atoms with Crippen molar-refractivity contribution in [1.29, 1.82) is 0 Å². The van der Waals surface area contributed by atoms with Gasteiger partial charge in [0.2, 0.25) is 0 Å². The third-order valence-corrected chi connectivity index (χ3v) is 1.77. The first-order valence-corrected chi connectivity index (χ1v) is 3.86. The number of hydrogen-bond donors (Lipinski definition) is 2. The van der Waals surface area contributed by atoms with Crippen molar-refractivity contribution in [2.24, 2.45) is 5.73 Å². The molecule has 1 rings (SSSR count). The van der Waals surface area contributed by atoms with Crippen LogP contribution in [0.3, 0.4) is 0 Å². The van der Waals surface area contributed by atoms with Crippen molar-refractivity contribution in [3.63, 3.8) is 0 Å². The fraction of sp³-hybridized carbons (Fsp3) is 0.200. The van der Waals surface area contributed by atoms with Crippen LogP contribution in [0.1, 0.15) is 17.2 Å². The van der Waals surface area contributed by atoms with Crippen molar-refractivity contribution in [2.45, 2.75) is 6.04 Å². The van der Waals surface area contributed by atoms with E-state index in [1.807, 2.05) is 24.3 Å². The molecule has 0 amide bonds. The van der Waals surface area contributed by atoms with E-state index in [-0.39, 0.29) is 12.6 Å². The van der Waals surface area contributed by atoms with Gasteiger partial charge >= 0.3 is 0 Å². The summed E-state index contributed by atoms with van der Waals surface area (Å²) in [5.74, 6) is 0. The summed E-state index contributed by atoms with van der Waals surface area (Å²) in [6.45, 7) is 3.63. The molecule has 0 fully saturated rings. The van der Waals surface area contributed by atoms with Crippen LogP contribution in [0.5, 0.6) is 0 Å². The summed E-state index contributed by atoms with van der Waals surface area (Å²) in [6.07, 6.45) is 1.76. The van der Waals surface area contributed by atoms with Gasteiger partial charge in [0.05, 0.1) is 12.6 Å². The highest BCUT2D eigenvalue weighted by Gasteiger charge is 2.02. The Morgan fingerprint density at radius 2 is 2.33 bits per heavy atom. The average Bonchev–Trinajstić information content (AvgIpc) is 2.17. The van der Waals surface area contributed by atoms with Gasteiger partial charge in [-0.25, -0.2) is 0 Å². The Kier molecular flexibility index (Phi) is 3.02. The molecule has 2 heteroatoms. The van der Waals surface area contributed by atoms with Crippen LogP contribution in [0.15, 0.2) is 30.8 Å². The van der Waals surface area contributed by atoms with Crippen molar-refractivity contribution in [2.75, 3.05) is 6.61 Å². The molecule has 0 aliphatic heterocycles.